The molecule has 4 heteroatoms. The van der Waals surface area contributed by atoms with Crippen molar-refractivity contribution in [2.45, 2.75) is 33.2 Å². The molecule has 0 aliphatic rings. The van der Waals surface area contributed by atoms with Crippen molar-refractivity contribution >= 4 is 11.5 Å². The Labute approximate surface area is 97.2 Å². The lowest BCUT2D eigenvalue weighted by molar-refractivity contribution is 0.400. The third-order valence-corrected chi connectivity index (χ3v) is 2.66. The van der Waals surface area contributed by atoms with Gasteiger partial charge in [-0.05, 0) is 24.5 Å². The van der Waals surface area contributed by atoms with Gasteiger partial charge in [-0.15, -0.1) is 0 Å². The summed E-state index contributed by atoms with van der Waals surface area (Å²) in [4.78, 5) is 4.30. The van der Waals surface area contributed by atoms with Crippen molar-refractivity contribution in [3.8, 4) is 5.88 Å². The molecule has 4 nitrogen and oxygen atoms in total. The molecule has 1 heterocycles. The first kappa shape index (κ1) is 12.6. The second-order valence-electron chi connectivity index (χ2n) is 4.20. The Morgan fingerprint density at radius 1 is 1.44 bits per heavy atom. The fourth-order valence-corrected chi connectivity index (χ4v) is 1.63. The average molecular weight is 223 g/mol. The van der Waals surface area contributed by atoms with Crippen molar-refractivity contribution in [2.75, 3.05) is 18.2 Å². The fourth-order valence-electron chi connectivity index (χ4n) is 1.63. The van der Waals surface area contributed by atoms with Gasteiger partial charge in [0.2, 0.25) is 5.88 Å². The molecule has 0 radical (unpaired) electrons. The van der Waals surface area contributed by atoms with E-state index in [-0.39, 0.29) is 0 Å². The molecule has 0 aliphatic carbocycles. The number of nitrogens with zero attached hydrogens (tertiary/aromatic N) is 1. The minimum atomic E-state index is 0.417. The molecule has 0 bridgehead atoms. The second-order valence-corrected chi connectivity index (χ2v) is 4.20. The maximum atomic E-state index is 5.71. The normalized spacial score (nSPS) is 12.6. The van der Waals surface area contributed by atoms with E-state index < -0.39 is 0 Å². The maximum absolute atomic E-state index is 5.71. The predicted octanol–water partition coefficient (Wildman–Crippen LogP) is 2.52. The van der Waals surface area contributed by atoms with E-state index in [0.717, 1.165) is 12.2 Å². The van der Waals surface area contributed by atoms with Crippen LogP contribution >= 0.6 is 0 Å². The molecule has 1 aromatic heterocycles. The van der Waals surface area contributed by atoms with Gasteiger partial charge in [-0.2, -0.15) is 4.98 Å². The summed E-state index contributed by atoms with van der Waals surface area (Å²) in [5, 5.41) is 3.38. The number of anilines is 2. The van der Waals surface area contributed by atoms with Crippen LogP contribution in [0, 0.1) is 5.92 Å². The lowest BCUT2D eigenvalue weighted by atomic mass is 10.0. The maximum Gasteiger partial charge on any atom is 0.238 e. The van der Waals surface area contributed by atoms with Crippen molar-refractivity contribution in [3.63, 3.8) is 0 Å². The quantitative estimate of drug-likeness (QED) is 0.805. The van der Waals surface area contributed by atoms with Crippen LogP contribution in [0.15, 0.2) is 12.1 Å². The summed E-state index contributed by atoms with van der Waals surface area (Å²) in [5.74, 6) is 1.85. The zero-order valence-corrected chi connectivity index (χ0v) is 10.4. The number of hydrogen-bond donors (Lipinski definition) is 2. The van der Waals surface area contributed by atoms with Gasteiger partial charge < -0.3 is 15.8 Å². The van der Waals surface area contributed by atoms with Gasteiger partial charge >= 0.3 is 0 Å². The van der Waals surface area contributed by atoms with Gasteiger partial charge in [0.1, 0.15) is 5.82 Å². The molecule has 3 N–H and O–H groups in total. The van der Waals surface area contributed by atoms with Crippen LogP contribution in [0.2, 0.25) is 0 Å². The van der Waals surface area contributed by atoms with E-state index in [1.165, 1.54) is 0 Å². The third kappa shape index (κ3) is 3.02. The number of ether oxygens (including phenoxy) is 1. The molecule has 1 unspecified atom stereocenters. The number of rotatable bonds is 5. The molecule has 1 rings (SSSR count). The van der Waals surface area contributed by atoms with Gasteiger partial charge in [0.15, 0.2) is 0 Å². The molecule has 0 aliphatic heterocycles. The monoisotopic (exact) mass is 223 g/mol. The highest BCUT2D eigenvalue weighted by atomic mass is 16.5. The summed E-state index contributed by atoms with van der Waals surface area (Å²) in [6.07, 6.45) is 1.06. The minimum Gasteiger partial charge on any atom is -0.479 e. The van der Waals surface area contributed by atoms with Crippen molar-refractivity contribution in [1.82, 2.24) is 4.98 Å². The van der Waals surface area contributed by atoms with Crippen LogP contribution < -0.4 is 15.8 Å². The third-order valence-electron chi connectivity index (χ3n) is 2.66. The number of pyridine rings is 1. The molecule has 0 aromatic carbocycles. The Morgan fingerprint density at radius 3 is 2.62 bits per heavy atom. The van der Waals surface area contributed by atoms with Crippen LogP contribution in [0.1, 0.15) is 27.2 Å². The molecular formula is C12H21N3O. The van der Waals surface area contributed by atoms with E-state index in [9.17, 15) is 0 Å². The zero-order chi connectivity index (χ0) is 12.1. The first-order chi connectivity index (χ1) is 7.58. The highest BCUT2D eigenvalue weighted by Gasteiger charge is 2.12. The van der Waals surface area contributed by atoms with E-state index >= 15 is 0 Å². The van der Waals surface area contributed by atoms with Crippen LogP contribution in [0.4, 0.5) is 11.5 Å². The Hall–Kier alpha value is -1.45. The number of nitrogens with two attached hydrogens (primary N) is 1. The number of nitrogens with one attached hydrogen (secondary N) is 1. The summed E-state index contributed by atoms with van der Waals surface area (Å²) in [6, 6.07) is 4.10. The van der Waals surface area contributed by atoms with Gasteiger partial charge in [-0.1, -0.05) is 20.8 Å². The smallest absolute Gasteiger partial charge is 0.238 e. The second kappa shape index (κ2) is 5.58. The SMILES string of the molecule is CCC(Nc1ccc(N)c(OC)n1)C(C)C. The zero-order valence-electron chi connectivity index (χ0n) is 10.4. The number of hydrogen-bond acceptors (Lipinski definition) is 4. The largest absolute Gasteiger partial charge is 0.479 e. The summed E-state index contributed by atoms with van der Waals surface area (Å²) in [6.45, 7) is 6.54. The van der Waals surface area contributed by atoms with Crippen molar-refractivity contribution in [1.29, 1.82) is 0 Å². The van der Waals surface area contributed by atoms with Gasteiger partial charge in [0.05, 0.1) is 12.8 Å². The lowest BCUT2D eigenvalue weighted by Gasteiger charge is -2.21. The number of aromatic nitrogens is 1. The molecular weight excluding hydrogens is 202 g/mol. The molecule has 0 amide bonds. The lowest BCUT2D eigenvalue weighted by Crippen LogP contribution is -2.25. The summed E-state index contributed by atoms with van der Waals surface area (Å²) in [5.41, 5.74) is 6.27. The Kier molecular flexibility index (Phi) is 4.40. The molecule has 0 fully saturated rings. The van der Waals surface area contributed by atoms with Crippen molar-refractivity contribution in [3.05, 3.63) is 12.1 Å². The minimum absolute atomic E-state index is 0.417. The standard InChI is InChI=1S/C12H21N3O/c1-5-10(8(2)3)14-11-7-6-9(13)12(15-11)16-4/h6-8,10H,5,13H2,1-4H3,(H,14,15). The Balaban J connectivity index is 2.80. The van der Waals surface area contributed by atoms with Gasteiger partial charge in [0, 0.05) is 6.04 Å². The van der Waals surface area contributed by atoms with E-state index in [4.69, 9.17) is 10.5 Å². The van der Waals surface area contributed by atoms with E-state index in [1.807, 2.05) is 6.07 Å². The molecule has 0 saturated heterocycles. The fraction of sp³-hybridized carbons (Fsp3) is 0.583. The first-order valence-corrected chi connectivity index (χ1v) is 5.65. The summed E-state index contributed by atoms with van der Waals surface area (Å²) >= 11 is 0. The highest BCUT2D eigenvalue weighted by molar-refractivity contribution is 5.53. The average Bonchev–Trinajstić information content (AvgIpc) is 2.27. The predicted molar refractivity (Wildman–Crippen MR) is 67.7 cm³/mol. The van der Waals surface area contributed by atoms with Crippen LogP contribution in [0.25, 0.3) is 0 Å². The highest BCUT2D eigenvalue weighted by Crippen LogP contribution is 2.21. The molecule has 1 aromatic rings. The van der Waals surface area contributed by atoms with Gasteiger partial charge in [0.25, 0.3) is 0 Å². The summed E-state index contributed by atoms with van der Waals surface area (Å²) < 4.78 is 5.09. The van der Waals surface area contributed by atoms with E-state index in [1.54, 1.807) is 13.2 Å². The Morgan fingerprint density at radius 2 is 2.12 bits per heavy atom. The molecule has 0 saturated carbocycles. The van der Waals surface area contributed by atoms with Crippen LogP contribution in [0.5, 0.6) is 5.88 Å². The van der Waals surface area contributed by atoms with Crippen LogP contribution in [-0.2, 0) is 0 Å². The first-order valence-electron chi connectivity index (χ1n) is 5.65. The number of nitrogen functional groups attached to an aromatic ring is 1. The van der Waals surface area contributed by atoms with E-state index in [2.05, 4.69) is 31.1 Å². The molecule has 0 spiro atoms. The topological polar surface area (TPSA) is 60.2 Å². The molecule has 1 atom stereocenters. The van der Waals surface area contributed by atoms with E-state index in [0.29, 0.717) is 23.5 Å². The van der Waals surface area contributed by atoms with Crippen molar-refractivity contribution in [2.24, 2.45) is 5.92 Å². The number of methoxy groups -OCH3 is 1. The molecule has 90 valence electrons. The van der Waals surface area contributed by atoms with Gasteiger partial charge in [-0.3, -0.25) is 0 Å². The van der Waals surface area contributed by atoms with Crippen LogP contribution in [-0.4, -0.2) is 18.1 Å². The molecule has 16 heavy (non-hydrogen) atoms. The van der Waals surface area contributed by atoms with Crippen LogP contribution in [0.3, 0.4) is 0 Å². The summed E-state index contributed by atoms with van der Waals surface area (Å²) in [7, 11) is 1.57. The van der Waals surface area contributed by atoms with Gasteiger partial charge in [-0.25, -0.2) is 0 Å². The Bertz CT molecular complexity index is 339. The van der Waals surface area contributed by atoms with Crippen molar-refractivity contribution < 1.29 is 4.74 Å².